The minimum Gasteiger partial charge on any atom is -0.342 e. The van der Waals surface area contributed by atoms with E-state index in [1.807, 2.05) is 77.6 Å². The normalized spacial score (nSPS) is 13.5. The highest BCUT2D eigenvalue weighted by atomic mass is 79.9. The van der Waals surface area contributed by atoms with Gasteiger partial charge in [0.2, 0.25) is 0 Å². The van der Waals surface area contributed by atoms with Crippen molar-refractivity contribution in [2.45, 2.75) is 0 Å². The van der Waals surface area contributed by atoms with Crippen molar-refractivity contribution in [3.8, 4) is 0 Å². The second kappa shape index (κ2) is 8.55. The Bertz CT molecular complexity index is 1250. The van der Waals surface area contributed by atoms with Crippen LogP contribution in [0, 0.1) is 11.6 Å². The molecule has 0 atom stereocenters. The second-order valence-corrected chi connectivity index (χ2v) is 8.09. The van der Waals surface area contributed by atoms with Gasteiger partial charge in [-0.3, -0.25) is 9.90 Å². The number of aromatic nitrogens is 1. The van der Waals surface area contributed by atoms with E-state index in [0.29, 0.717) is 17.2 Å². The highest BCUT2D eigenvalue weighted by molar-refractivity contribution is 9.10. The van der Waals surface area contributed by atoms with Gasteiger partial charge in [0.1, 0.15) is 17.3 Å². The summed E-state index contributed by atoms with van der Waals surface area (Å²) in [5.41, 5.74) is 1.93. The predicted molar refractivity (Wildman–Crippen MR) is 128 cm³/mol. The first kappa shape index (κ1) is 20.4. The van der Waals surface area contributed by atoms with Gasteiger partial charge in [0.05, 0.1) is 0 Å². The molecule has 0 saturated carbocycles. The molecule has 0 aliphatic carbocycles. The molecule has 0 N–H and O–H groups in total. The molecular weight excluding hydrogens is 473 g/mol. The van der Waals surface area contributed by atoms with Crippen molar-refractivity contribution in [1.82, 2.24) is 4.98 Å². The number of rotatable bonds is 4. The first-order valence-corrected chi connectivity index (χ1v) is 10.8. The number of hydrogen-bond acceptors (Lipinski definition) is 4. The third kappa shape index (κ3) is 3.67. The van der Waals surface area contributed by atoms with Crippen molar-refractivity contribution in [3.05, 3.63) is 119 Å². The Kier molecular flexibility index (Phi) is 5.45. The molecular formula is C24H16BBrF2N4. The van der Waals surface area contributed by atoms with Crippen LogP contribution in [0.15, 0.2) is 107 Å². The minimum atomic E-state index is -0.892. The van der Waals surface area contributed by atoms with Crippen LogP contribution >= 0.6 is 15.9 Å². The summed E-state index contributed by atoms with van der Waals surface area (Å²) in [6.45, 7) is -0.892. The molecule has 1 aliphatic rings. The maximum Gasteiger partial charge on any atom is 0.445 e. The van der Waals surface area contributed by atoms with Crippen molar-refractivity contribution in [3.63, 3.8) is 0 Å². The van der Waals surface area contributed by atoms with Crippen LogP contribution in [0.25, 0.3) is 0 Å². The lowest BCUT2D eigenvalue weighted by Gasteiger charge is -2.29. The maximum atomic E-state index is 15.1. The van der Waals surface area contributed by atoms with E-state index in [1.54, 1.807) is 11.1 Å². The highest BCUT2D eigenvalue weighted by Gasteiger charge is 2.46. The average molecular weight is 489 g/mol. The summed E-state index contributed by atoms with van der Waals surface area (Å²) in [5, 5.41) is 4.82. The summed E-state index contributed by atoms with van der Waals surface area (Å²) >= 11 is 3.45. The van der Waals surface area contributed by atoms with Gasteiger partial charge in [-0.25, -0.2) is 8.78 Å². The van der Waals surface area contributed by atoms with E-state index in [2.05, 4.69) is 20.9 Å². The highest BCUT2D eigenvalue weighted by Crippen LogP contribution is 2.31. The van der Waals surface area contributed by atoms with Gasteiger partial charge in [-0.15, -0.1) is 0 Å². The zero-order valence-corrected chi connectivity index (χ0v) is 18.3. The number of halogens is 3. The van der Waals surface area contributed by atoms with E-state index in [9.17, 15) is 0 Å². The van der Waals surface area contributed by atoms with Crippen molar-refractivity contribution >= 4 is 45.6 Å². The molecule has 4 aromatic rings. The van der Waals surface area contributed by atoms with Gasteiger partial charge in [0.25, 0.3) is 0 Å². The molecule has 32 heavy (non-hydrogen) atoms. The van der Waals surface area contributed by atoms with Crippen LogP contribution in [0.1, 0.15) is 5.69 Å². The van der Waals surface area contributed by atoms with E-state index in [0.717, 1.165) is 10.2 Å². The first-order valence-electron chi connectivity index (χ1n) is 9.96. The van der Waals surface area contributed by atoms with E-state index >= 15 is 8.78 Å². The molecule has 0 unspecified atom stereocenters. The molecule has 0 bridgehead atoms. The van der Waals surface area contributed by atoms with Gasteiger partial charge >= 0.3 is 6.98 Å². The maximum absolute atomic E-state index is 15.1. The van der Waals surface area contributed by atoms with Crippen molar-refractivity contribution < 1.29 is 8.78 Å². The molecule has 3 aromatic carbocycles. The standard InChI is InChI=1S/C24H16BBrF2N4/c26-17-12-14-18(15-13-17)31-24(22-11-4-5-16-29-22)30-32(19-7-2-1-3-8-19)25(31)23-20(27)9-6-10-21(23)28/h1-16H. The molecule has 0 saturated heterocycles. The molecule has 0 radical (unpaired) electrons. The van der Waals surface area contributed by atoms with E-state index in [1.165, 1.54) is 18.2 Å². The van der Waals surface area contributed by atoms with Crippen LogP contribution in [-0.4, -0.2) is 17.8 Å². The first-order chi connectivity index (χ1) is 15.6. The molecule has 8 heteroatoms. The Balaban J connectivity index is 1.77. The Morgan fingerprint density at radius 1 is 0.719 bits per heavy atom. The third-order valence-electron chi connectivity index (χ3n) is 5.18. The van der Waals surface area contributed by atoms with Gasteiger partial charge < -0.3 is 4.81 Å². The van der Waals surface area contributed by atoms with E-state index in [4.69, 9.17) is 5.10 Å². The largest absolute Gasteiger partial charge is 0.445 e. The third-order valence-corrected chi connectivity index (χ3v) is 5.71. The summed E-state index contributed by atoms with van der Waals surface area (Å²) in [7, 11) is 0. The quantitative estimate of drug-likeness (QED) is 0.370. The molecule has 0 spiro atoms. The lowest BCUT2D eigenvalue weighted by molar-refractivity contribution is 0.596. The van der Waals surface area contributed by atoms with Gasteiger partial charge in [0, 0.05) is 27.5 Å². The predicted octanol–water partition coefficient (Wildman–Crippen LogP) is 5.21. The molecule has 1 aliphatic heterocycles. The Hall–Kier alpha value is -3.52. The summed E-state index contributed by atoms with van der Waals surface area (Å²) in [6, 6.07) is 26.2. The van der Waals surface area contributed by atoms with E-state index in [-0.39, 0.29) is 5.46 Å². The topological polar surface area (TPSA) is 31.7 Å². The zero-order valence-electron chi connectivity index (χ0n) is 16.7. The van der Waals surface area contributed by atoms with Crippen molar-refractivity contribution in [1.29, 1.82) is 0 Å². The van der Waals surface area contributed by atoms with Crippen molar-refractivity contribution in [2.75, 3.05) is 9.73 Å². The monoisotopic (exact) mass is 488 g/mol. The Morgan fingerprint density at radius 3 is 2.06 bits per heavy atom. The molecule has 156 valence electrons. The smallest absolute Gasteiger partial charge is 0.342 e. The average Bonchev–Trinajstić information content (AvgIpc) is 3.21. The molecule has 4 nitrogen and oxygen atoms in total. The summed E-state index contributed by atoms with van der Waals surface area (Å²) < 4.78 is 31.1. The number of hydrogen-bond donors (Lipinski definition) is 0. The van der Waals surface area contributed by atoms with Gasteiger partial charge in [-0.1, -0.05) is 46.3 Å². The van der Waals surface area contributed by atoms with Gasteiger partial charge in [-0.2, -0.15) is 5.10 Å². The zero-order chi connectivity index (χ0) is 22.1. The second-order valence-electron chi connectivity index (χ2n) is 7.17. The fraction of sp³-hybridized carbons (Fsp3) is 0. The summed E-state index contributed by atoms with van der Waals surface area (Å²) in [4.78, 5) is 7.90. The van der Waals surface area contributed by atoms with Crippen LogP contribution in [0.4, 0.5) is 20.2 Å². The fourth-order valence-electron chi connectivity index (χ4n) is 3.75. The van der Waals surface area contributed by atoms with Crippen LogP contribution in [0.5, 0.6) is 0 Å². The number of benzene rings is 3. The molecule has 0 fully saturated rings. The van der Waals surface area contributed by atoms with Gasteiger partial charge in [0.15, 0.2) is 5.84 Å². The molecule has 2 heterocycles. The fourth-order valence-corrected chi connectivity index (χ4v) is 4.02. The van der Waals surface area contributed by atoms with E-state index < -0.39 is 18.6 Å². The van der Waals surface area contributed by atoms with Gasteiger partial charge in [-0.05, 0) is 60.7 Å². The summed E-state index contributed by atoms with van der Waals surface area (Å²) in [6.07, 6.45) is 1.67. The SMILES string of the molecule is Fc1cccc(F)c1B1N(c2ccccc2)N=C(c2ccccn2)N1c1ccc(Br)cc1. The lowest BCUT2D eigenvalue weighted by Crippen LogP contribution is -2.58. The van der Waals surface area contributed by atoms with Crippen LogP contribution in [0.3, 0.4) is 0 Å². The van der Waals surface area contributed by atoms with Crippen LogP contribution in [-0.2, 0) is 0 Å². The number of anilines is 2. The lowest BCUT2D eigenvalue weighted by atomic mass is 9.64. The molecule has 1 aromatic heterocycles. The number of pyridine rings is 1. The number of para-hydroxylation sites is 1. The Labute approximate surface area is 193 Å². The van der Waals surface area contributed by atoms with Crippen LogP contribution < -0.4 is 15.2 Å². The van der Waals surface area contributed by atoms with Crippen LogP contribution in [0.2, 0.25) is 0 Å². The van der Waals surface area contributed by atoms with Crippen molar-refractivity contribution in [2.24, 2.45) is 5.10 Å². The Morgan fingerprint density at radius 2 is 1.41 bits per heavy atom. The molecule has 5 rings (SSSR count). The minimum absolute atomic E-state index is 0.0889. The number of hydrazone groups is 1. The molecule has 0 amide bonds. The number of nitrogens with zero attached hydrogens (tertiary/aromatic N) is 4. The number of amidine groups is 1. The summed E-state index contributed by atoms with van der Waals surface area (Å²) in [5.74, 6) is -0.796.